The quantitative estimate of drug-likeness (QED) is 0.194. The third kappa shape index (κ3) is 6.03. The van der Waals surface area contributed by atoms with Crippen LogP contribution in [0.3, 0.4) is 0 Å². The van der Waals surface area contributed by atoms with Gasteiger partial charge >= 0.3 is 0 Å². The Balaban J connectivity index is 1.59. The molecular weight excluding hydrogens is 555 g/mol. The number of hydrogen-bond donors (Lipinski definition) is 1. The first kappa shape index (κ1) is 28.4. The van der Waals surface area contributed by atoms with Crippen molar-refractivity contribution in [2.24, 2.45) is 5.10 Å². The highest BCUT2D eigenvalue weighted by molar-refractivity contribution is 7.92. The Labute approximate surface area is 238 Å². The van der Waals surface area contributed by atoms with E-state index in [1.807, 2.05) is 55.7 Å². The van der Waals surface area contributed by atoms with E-state index >= 15 is 0 Å². The summed E-state index contributed by atoms with van der Waals surface area (Å²) in [4.78, 5) is 13.1. The number of benzene rings is 3. The number of rotatable bonds is 8. The van der Waals surface area contributed by atoms with Crippen molar-refractivity contribution >= 4 is 51.0 Å². The zero-order chi connectivity index (χ0) is 28.3. The molecule has 1 heterocycles. The predicted molar refractivity (Wildman–Crippen MR) is 158 cm³/mol. The Morgan fingerprint density at radius 2 is 1.69 bits per heavy atom. The number of carbonyl (C=O) groups excluding carboxylic acids is 1. The molecule has 0 aliphatic carbocycles. The molecule has 10 heteroatoms. The number of hydrogen-bond acceptors (Lipinski definition) is 4. The van der Waals surface area contributed by atoms with Crippen molar-refractivity contribution in [3.63, 3.8) is 0 Å². The lowest BCUT2D eigenvalue weighted by molar-refractivity contribution is -0.119. The molecule has 0 bridgehead atoms. The standard InChI is InChI=1S/C29H28Cl2N4O3S/c1-19-13-14-20(2)27(15-19)34(39(37,38)24-9-6-5-7-10-24)18-28(36)33-32-17-23-16-21(3)35(22(23)4)26-12-8-11-25(30)29(26)31/h5-17H,18H2,1-4H3,(H,33,36)/b32-17+. The molecule has 202 valence electrons. The van der Waals surface area contributed by atoms with E-state index in [4.69, 9.17) is 23.2 Å². The van der Waals surface area contributed by atoms with E-state index in [1.165, 1.54) is 18.3 Å². The van der Waals surface area contributed by atoms with Crippen LogP contribution in [0.4, 0.5) is 5.69 Å². The highest BCUT2D eigenvalue weighted by Crippen LogP contribution is 2.31. The Morgan fingerprint density at radius 3 is 2.41 bits per heavy atom. The Hall–Kier alpha value is -3.59. The molecule has 0 unspecified atom stereocenters. The highest BCUT2D eigenvalue weighted by atomic mass is 35.5. The minimum Gasteiger partial charge on any atom is -0.316 e. The third-order valence-electron chi connectivity index (χ3n) is 6.29. The third-order valence-corrected chi connectivity index (χ3v) is 8.87. The molecule has 0 spiro atoms. The van der Waals surface area contributed by atoms with E-state index < -0.39 is 22.5 Å². The SMILES string of the molecule is Cc1ccc(C)c(N(CC(=O)N/N=C/c2cc(C)n(-c3cccc(Cl)c3Cl)c2C)S(=O)(=O)c2ccccc2)c1. The van der Waals surface area contributed by atoms with Crippen LogP contribution >= 0.6 is 23.2 Å². The van der Waals surface area contributed by atoms with Crippen molar-refractivity contribution in [1.29, 1.82) is 0 Å². The van der Waals surface area contributed by atoms with Crippen molar-refractivity contribution in [2.75, 3.05) is 10.8 Å². The number of halogens is 2. The molecule has 0 saturated carbocycles. The van der Waals surface area contributed by atoms with E-state index in [0.717, 1.165) is 38.1 Å². The average molecular weight is 584 g/mol. The molecule has 7 nitrogen and oxygen atoms in total. The summed E-state index contributed by atoms with van der Waals surface area (Å²) in [6.07, 6.45) is 1.52. The lowest BCUT2D eigenvalue weighted by atomic mass is 10.1. The summed E-state index contributed by atoms with van der Waals surface area (Å²) in [6.45, 7) is 7.06. The normalized spacial score (nSPS) is 11.6. The lowest BCUT2D eigenvalue weighted by Crippen LogP contribution is -2.40. The number of aryl methyl sites for hydroxylation is 3. The summed E-state index contributed by atoms with van der Waals surface area (Å²) in [5, 5.41) is 4.99. The van der Waals surface area contributed by atoms with Gasteiger partial charge in [-0.25, -0.2) is 13.8 Å². The molecular formula is C29H28Cl2N4O3S. The maximum absolute atomic E-state index is 13.6. The molecule has 0 fully saturated rings. The van der Waals surface area contributed by atoms with Crippen LogP contribution in [0.1, 0.15) is 28.1 Å². The van der Waals surface area contributed by atoms with Crippen molar-refractivity contribution in [2.45, 2.75) is 32.6 Å². The molecule has 4 aromatic rings. The van der Waals surface area contributed by atoms with Crippen molar-refractivity contribution in [3.8, 4) is 5.69 Å². The van der Waals surface area contributed by atoms with Crippen LogP contribution in [0.15, 0.2) is 82.8 Å². The maximum atomic E-state index is 13.6. The predicted octanol–water partition coefficient (Wildman–Crippen LogP) is 6.36. The van der Waals surface area contributed by atoms with Crippen LogP contribution in [0.5, 0.6) is 0 Å². The second kappa shape index (κ2) is 11.7. The monoisotopic (exact) mass is 582 g/mol. The minimum atomic E-state index is -4.02. The van der Waals surface area contributed by atoms with Gasteiger partial charge in [0.25, 0.3) is 15.9 Å². The summed E-state index contributed by atoms with van der Waals surface area (Å²) in [6, 6.07) is 20.8. The Morgan fingerprint density at radius 1 is 0.974 bits per heavy atom. The molecule has 39 heavy (non-hydrogen) atoms. The second-order valence-corrected chi connectivity index (χ2v) is 11.8. The first-order valence-electron chi connectivity index (χ1n) is 12.1. The number of hydrazone groups is 1. The fourth-order valence-corrected chi connectivity index (χ4v) is 6.18. The molecule has 1 amide bonds. The summed E-state index contributed by atoms with van der Waals surface area (Å²) in [7, 11) is -4.02. The molecule has 1 N–H and O–H groups in total. The first-order chi connectivity index (χ1) is 18.5. The summed E-state index contributed by atoms with van der Waals surface area (Å²) >= 11 is 12.6. The number of carbonyl (C=O) groups is 1. The van der Waals surface area contributed by atoms with Gasteiger partial charge in [-0.15, -0.1) is 0 Å². The van der Waals surface area contributed by atoms with Crippen LogP contribution < -0.4 is 9.73 Å². The van der Waals surface area contributed by atoms with E-state index in [2.05, 4.69) is 10.5 Å². The first-order valence-corrected chi connectivity index (χ1v) is 14.3. The summed E-state index contributed by atoms with van der Waals surface area (Å²) < 4.78 is 30.2. The molecule has 0 aliphatic rings. The van der Waals surface area contributed by atoms with Gasteiger partial charge < -0.3 is 4.57 Å². The smallest absolute Gasteiger partial charge is 0.264 e. The van der Waals surface area contributed by atoms with E-state index in [1.54, 1.807) is 37.3 Å². The van der Waals surface area contributed by atoms with Crippen molar-refractivity contribution in [3.05, 3.63) is 111 Å². The van der Waals surface area contributed by atoms with Crippen LogP contribution in [0.25, 0.3) is 5.69 Å². The largest absolute Gasteiger partial charge is 0.316 e. The van der Waals surface area contributed by atoms with Gasteiger partial charge in [0, 0.05) is 17.0 Å². The molecule has 3 aromatic carbocycles. The molecule has 0 atom stereocenters. The Bertz CT molecular complexity index is 1670. The number of anilines is 1. The van der Waals surface area contributed by atoms with E-state index in [9.17, 15) is 13.2 Å². The van der Waals surface area contributed by atoms with Gasteiger partial charge in [0.1, 0.15) is 6.54 Å². The van der Waals surface area contributed by atoms with Crippen LogP contribution in [-0.2, 0) is 14.8 Å². The van der Waals surface area contributed by atoms with E-state index in [0.29, 0.717) is 15.7 Å². The van der Waals surface area contributed by atoms with Crippen LogP contribution in [0.2, 0.25) is 10.0 Å². The van der Waals surface area contributed by atoms with Crippen LogP contribution in [0, 0.1) is 27.7 Å². The van der Waals surface area contributed by atoms with Gasteiger partial charge in [0.05, 0.1) is 32.5 Å². The minimum absolute atomic E-state index is 0.0920. The molecule has 0 saturated heterocycles. The summed E-state index contributed by atoms with van der Waals surface area (Å²) in [5.41, 5.74) is 7.74. The van der Waals surface area contributed by atoms with Gasteiger partial charge in [-0.05, 0) is 75.2 Å². The number of nitrogens with one attached hydrogen (secondary N) is 1. The molecule has 0 radical (unpaired) electrons. The van der Waals surface area contributed by atoms with Crippen molar-refractivity contribution in [1.82, 2.24) is 9.99 Å². The van der Waals surface area contributed by atoms with Crippen LogP contribution in [-0.4, -0.2) is 31.7 Å². The molecule has 0 aliphatic heterocycles. The number of sulfonamides is 1. The van der Waals surface area contributed by atoms with Crippen molar-refractivity contribution < 1.29 is 13.2 Å². The van der Waals surface area contributed by atoms with Gasteiger partial charge in [-0.2, -0.15) is 5.10 Å². The van der Waals surface area contributed by atoms with Gasteiger partial charge in [0.2, 0.25) is 0 Å². The van der Waals surface area contributed by atoms with Gasteiger partial charge in [-0.1, -0.05) is 59.6 Å². The molecule has 4 rings (SSSR count). The van der Waals surface area contributed by atoms with E-state index in [-0.39, 0.29) is 4.90 Å². The fraction of sp³-hybridized carbons (Fsp3) is 0.172. The molecule has 1 aromatic heterocycles. The average Bonchev–Trinajstić information content (AvgIpc) is 3.18. The topological polar surface area (TPSA) is 83.8 Å². The zero-order valence-corrected chi connectivity index (χ0v) is 24.3. The number of nitrogens with zero attached hydrogens (tertiary/aromatic N) is 3. The lowest BCUT2D eigenvalue weighted by Gasteiger charge is -2.25. The fourth-order valence-electron chi connectivity index (χ4n) is 4.30. The number of aromatic nitrogens is 1. The highest BCUT2D eigenvalue weighted by Gasteiger charge is 2.28. The maximum Gasteiger partial charge on any atom is 0.264 e. The zero-order valence-electron chi connectivity index (χ0n) is 21.9. The van der Waals surface area contributed by atoms with Gasteiger partial charge in [0.15, 0.2) is 0 Å². The Kier molecular flexibility index (Phi) is 8.49. The second-order valence-electron chi connectivity index (χ2n) is 9.14. The number of amides is 1. The van der Waals surface area contributed by atoms with Gasteiger partial charge in [-0.3, -0.25) is 9.10 Å². The summed E-state index contributed by atoms with van der Waals surface area (Å²) in [5.74, 6) is -0.585.